The maximum absolute atomic E-state index is 13.8. The van der Waals surface area contributed by atoms with Gasteiger partial charge in [0.25, 0.3) is 10.0 Å². The summed E-state index contributed by atoms with van der Waals surface area (Å²) in [4.78, 5) is 0.209. The van der Waals surface area contributed by atoms with E-state index in [-0.39, 0.29) is 17.4 Å². The molecule has 3 aromatic rings. The number of ether oxygens (including phenoxy) is 1. The van der Waals surface area contributed by atoms with E-state index in [9.17, 15) is 13.5 Å². The first-order chi connectivity index (χ1) is 16.3. The second-order valence-corrected chi connectivity index (χ2v) is 11.3. The number of rotatable bonds is 9. The van der Waals surface area contributed by atoms with Crippen LogP contribution in [0.4, 0.5) is 5.69 Å². The van der Waals surface area contributed by atoms with Crippen LogP contribution in [-0.4, -0.2) is 43.1 Å². The Morgan fingerprint density at radius 1 is 1.15 bits per heavy atom. The molecule has 0 spiro atoms. The number of aliphatic hydroxyl groups excluding tert-OH is 1. The molecule has 0 radical (unpaired) electrons. The van der Waals surface area contributed by atoms with Crippen LogP contribution in [0.3, 0.4) is 0 Å². The van der Waals surface area contributed by atoms with Gasteiger partial charge in [0.05, 0.1) is 28.4 Å². The van der Waals surface area contributed by atoms with Crippen LogP contribution in [0.2, 0.25) is 0 Å². The summed E-state index contributed by atoms with van der Waals surface area (Å²) < 4.78 is 36.5. The average Bonchev–Trinajstić information content (AvgIpc) is 3.20. The molecule has 2 aromatic carbocycles. The van der Waals surface area contributed by atoms with Crippen molar-refractivity contribution in [3.05, 3.63) is 53.7 Å². The molecule has 2 heterocycles. The summed E-state index contributed by atoms with van der Waals surface area (Å²) in [6.45, 7) is 8.47. The van der Waals surface area contributed by atoms with Crippen LogP contribution in [0.15, 0.2) is 47.4 Å². The molecule has 0 unspecified atom stereocenters. The molecule has 1 saturated heterocycles. The predicted octanol–water partition coefficient (Wildman–Crippen LogP) is 4.37. The highest BCUT2D eigenvalue weighted by molar-refractivity contribution is 7.92. The van der Waals surface area contributed by atoms with Gasteiger partial charge in [0.2, 0.25) is 0 Å². The van der Waals surface area contributed by atoms with Crippen LogP contribution in [0.25, 0.3) is 10.9 Å². The van der Waals surface area contributed by atoms with Crippen molar-refractivity contribution in [3.63, 3.8) is 0 Å². The minimum absolute atomic E-state index is 0.152. The van der Waals surface area contributed by atoms with Crippen LogP contribution in [0, 0.1) is 11.8 Å². The van der Waals surface area contributed by atoms with Crippen molar-refractivity contribution >= 4 is 26.6 Å². The number of fused-ring (bicyclic) bond motifs is 1. The fourth-order valence-electron chi connectivity index (χ4n) is 4.51. The topological polar surface area (TPSA) is 84.7 Å². The number of aromatic nitrogens is 2. The second kappa shape index (κ2) is 10.5. The van der Waals surface area contributed by atoms with Gasteiger partial charge in [-0.05, 0) is 67.0 Å². The average molecular weight is 486 g/mol. The number of aliphatic hydroxyl groups is 1. The maximum Gasteiger partial charge on any atom is 0.264 e. The van der Waals surface area contributed by atoms with Crippen LogP contribution in [0.1, 0.15) is 44.9 Å². The lowest BCUT2D eigenvalue weighted by Gasteiger charge is -2.26. The van der Waals surface area contributed by atoms with Crippen LogP contribution in [0.5, 0.6) is 0 Å². The molecule has 0 bridgehead atoms. The number of benzene rings is 2. The number of anilines is 1. The molecule has 4 rings (SSSR count). The third kappa shape index (κ3) is 5.14. The van der Waals surface area contributed by atoms with Crippen molar-refractivity contribution in [1.82, 2.24) is 9.78 Å². The summed E-state index contributed by atoms with van der Waals surface area (Å²) in [6.07, 6.45) is 2.85. The van der Waals surface area contributed by atoms with E-state index in [0.717, 1.165) is 50.1 Å². The summed E-state index contributed by atoms with van der Waals surface area (Å²) in [5.74, 6) is 0.610. The van der Waals surface area contributed by atoms with Crippen molar-refractivity contribution in [2.45, 2.75) is 58.1 Å². The number of sulfonamides is 1. The molecule has 8 heteroatoms. The zero-order chi connectivity index (χ0) is 24.3. The zero-order valence-corrected chi connectivity index (χ0v) is 21.1. The van der Waals surface area contributed by atoms with Gasteiger partial charge in [-0.1, -0.05) is 32.9 Å². The molecule has 0 saturated carbocycles. The van der Waals surface area contributed by atoms with E-state index in [0.29, 0.717) is 29.2 Å². The molecule has 184 valence electrons. The van der Waals surface area contributed by atoms with Crippen molar-refractivity contribution < 1.29 is 18.3 Å². The molecular formula is C26H35N3O4S. The molecule has 1 aliphatic heterocycles. The van der Waals surface area contributed by atoms with E-state index in [2.05, 4.69) is 12.0 Å². The molecule has 0 amide bonds. The Balaban J connectivity index is 1.72. The quantitative estimate of drug-likeness (QED) is 0.487. The van der Waals surface area contributed by atoms with Gasteiger partial charge in [-0.3, -0.25) is 8.99 Å². The first-order valence-electron chi connectivity index (χ1n) is 12.1. The monoisotopic (exact) mass is 485 g/mol. The maximum atomic E-state index is 13.8. The number of hydrogen-bond donors (Lipinski definition) is 1. The predicted molar refractivity (Wildman–Crippen MR) is 134 cm³/mol. The van der Waals surface area contributed by atoms with Gasteiger partial charge in [-0.2, -0.15) is 5.10 Å². The lowest BCUT2D eigenvalue weighted by atomic mass is 10.0. The van der Waals surface area contributed by atoms with Gasteiger partial charge < -0.3 is 9.84 Å². The van der Waals surface area contributed by atoms with Gasteiger partial charge in [0, 0.05) is 31.7 Å². The Bertz CT molecular complexity index is 1210. The Kier molecular flexibility index (Phi) is 7.60. The van der Waals surface area contributed by atoms with E-state index in [1.54, 1.807) is 12.1 Å². The lowest BCUT2D eigenvalue weighted by Crippen LogP contribution is -2.34. The molecule has 1 fully saturated rings. The summed E-state index contributed by atoms with van der Waals surface area (Å²) in [5, 5.41) is 15.2. The fourth-order valence-corrected chi connectivity index (χ4v) is 6.17. The van der Waals surface area contributed by atoms with Crippen LogP contribution >= 0.6 is 0 Å². The summed E-state index contributed by atoms with van der Waals surface area (Å²) in [7, 11) is -3.81. The highest BCUT2D eigenvalue weighted by Crippen LogP contribution is 2.30. The van der Waals surface area contributed by atoms with Gasteiger partial charge in [-0.25, -0.2) is 8.42 Å². The molecule has 1 aromatic heterocycles. The normalized spacial score (nSPS) is 15.3. The van der Waals surface area contributed by atoms with Crippen molar-refractivity contribution in [1.29, 1.82) is 0 Å². The molecule has 34 heavy (non-hydrogen) atoms. The van der Waals surface area contributed by atoms with Crippen molar-refractivity contribution in [2.24, 2.45) is 11.8 Å². The first kappa shape index (κ1) is 24.7. The van der Waals surface area contributed by atoms with Crippen molar-refractivity contribution in [2.75, 3.05) is 24.1 Å². The summed E-state index contributed by atoms with van der Waals surface area (Å²) >= 11 is 0. The summed E-state index contributed by atoms with van der Waals surface area (Å²) in [5.41, 5.74) is 3.17. The first-order valence-corrected chi connectivity index (χ1v) is 13.6. The third-order valence-electron chi connectivity index (χ3n) is 6.47. The van der Waals surface area contributed by atoms with Crippen LogP contribution < -0.4 is 4.31 Å². The van der Waals surface area contributed by atoms with E-state index in [4.69, 9.17) is 4.74 Å². The Morgan fingerprint density at radius 3 is 2.47 bits per heavy atom. The molecule has 0 aliphatic carbocycles. The Labute approximate surface area is 202 Å². The van der Waals surface area contributed by atoms with Gasteiger partial charge in [0.1, 0.15) is 0 Å². The smallest absolute Gasteiger partial charge is 0.264 e. The number of aryl methyl sites for hydroxylation is 1. The third-order valence-corrected chi connectivity index (χ3v) is 8.26. The second-order valence-electron chi connectivity index (χ2n) is 9.47. The van der Waals surface area contributed by atoms with Gasteiger partial charge in [-0.15, -0.1) is 0 Å². The highest BCUT2D eigenvalue weighted by Gasteiger charge is 2.27. The van der Waals surface area contributed by atoms with E-state index >= 15 is 0 Å². The number of hydrogen-bond acceptors (Lipinski definition) is 5. The molecule has 0 atom stereocenters. The van der Waals surface area contributed by atoms with Crippen LogP contribution in [-0.2, 0) is 34.3 Å². The fraction of sp³-hybridized carbons (Fsp3) is 0.500. The lowest BCUT2D eigenvalue weighted by molar-refractivity contribution is 0.0604. The van der Waals surface area contributed by atoms with E-state index < -0.39 is 10.0 Å². The largest absolute Gasteiger partial charge is 0.390 e. The zero-order valence-electron chi connectivity index (χ0n) is 20.3. The standard InChI is InChI=1S/C26H35N3O4S/c1-4-20-5-7-22(8-6-20)29(16-19(2)3)34(31,32)23-9-10-26-24(15-23)25(18-30)27-28(26)17-21-11-13-33-14-12-21/h5-10,15,19,21,30H,4,11-14,16-18H2,1-3H3. The van der Waals surface area contributed by atoms with Crippen molar-refractivity contribution in [3.8, 4) is 0 Å². The highest BCUT2D eigenvalue weighted by atomic mass is 32.2. The van der Waals surface area contributed by atoms with E-state index in [1.165, 1.54) is 4.31 Å². The summed E-state index contributed by atoms with van der Waals surface area (Å²) in [6, 6.07) is 12.9. The minimum Gasteiger partial charge on any atom is -0.390 e. The molecule has 1 aliphatic rings. The number of nitrogens with zero attached hydrogens (tertiary/aromatic N) is 3. The SMILES string of the molecule is CCc1ccc(N(CC(C)C)S(=O)(=O)c2ccc3c(c2)c(CO)nn3CC2CCOCC2)cc1. The van der Waals surface area contributed by atoms with Gasteiger partial charge >= 0.3 is 0 Å². The minimum atomic E-state index is -3.81. The van der Waals surface area contributed by atoms with Gasteiger partial charge in [0.15, 0.2) is 0 Å². The molecular weight excluding hydrogens is 450 g/mol. The molecule has 7 nitrogen and oxygen atoms in total. The van der Waals surface area contributed by atoms with E-state index in [1.807, 2.05) is 48.9 Å². The Morgan fingerprint density at radius 2 is 1.85 bits per heavy atom. The Hall–Kier alpha value is -2.42. The molecule has 1 N–H and O–H groups in total.